The summed E-state index contributed by atoms with van der Waals surface area (Å²) in [6.07, 6.45) is 0. The maximum Gasteiger partial charge on any atom is 0.325 e. The number of carbonyl (C=O) groups is 2. The molecule has 1 rings (SSSR count). The smallest absolute Gasteiger partial charge is 0.325 e. The van der Waals surface area contributed by atoms with E-state index >= 15 is 0 Å². The van der Waals surface area contributed by atoms with Crippen LogP contribution in [0.4, 0.5) is 0 Å². The summed E-state index contributed by atoms with van der Waals surface area (Å²) >= 11 is 0. The van der Waals surface area contributed by atoms with Gasteiger partial charge in [-0.2, -0.15) is 0 Å². The molecule has 0 spiro atoms. The molecule has 0 fully saturated rings. The van der Waals surface area contributed by atoms with Crippen molar-refractivity contribution >= 4 is 11.9 Å². The van der Waals surface area contributed by atoms with Crippen LogP contribution in [0.25, 0.3) is 0 Å². The van der Waals surface area contributed by atoms with E-state index in [4.69, 9.17) is 10.8 Å². The van der Waals surface area contributed by atoms with Crippen LogP contribution in [0.5, 0.6) is 0 Å². The summed E-state index contributed by atoms with van der Waals surface area (Å²) in [6, 6.07) is 0. The van der Waals surface area contributed by atoms with Crippen molar-refractivity contribution in [2.75, 3.05) is 0 Å². The van der Waals surface area contributed by atoms with Gasteiger partial charge in [0, 0.05) is 0 Å². The van der Waals surface area contributed by atoms with E-state index in [9.17, 15) is 9.59 Å². The van der Waals surface area contributed by atoms with Crippen LogP contribution >= 0.6 is 0 Å². The Morgan fingerprint density at radius 3 is 2.62 bits per heavy atom. The molecule has 0 aliphatic rings. The fourth-order valence-electron chi connectivity index (χ4n) is 0.866. The second-order valence-electron chi connectivity index (χ2n) is 2.44. The summed E-state index contributed by atoms with van der Waals surface area (Å²) in [6.45, 7) is 1.20. The van der Waals surface area contributed by atoms with Crippen molar-refractivity contribution in [2.24, 2.45) is 5.73 Å². The number of aliphatic carboxylic acids is 1. The van der Waals surface area contributed by atoms with Crippen LogP contribution in [0.1, 0.15) is 16.2 Å². The van der Waals surface area contributed by atoms with Gasteiger partial charge >= 0.3 is 5.97 Å². The first kappa shape index (κ1) is 9.17. The van der Waals surface area contributed by atoms with Crippen LogP contribution in [0.15, 0.2) is 0 Å². The zero-order chi connectivity index (χ0) is 10.0. The topological polar surface area (TPSA) is 111 Å². The molecule has 0 bridgehead atoms. The van der Waals surface area contributed by atoms with E-state index in [1.807, 2.05) is 0 Å². The summed E-state index contributed by atoms with van der Waals surface area (Å²) in [5.74, 6) is -1.77. The number of aromatic nitrogens is 3. The maximum atomic E-state index is 10.7. The molecule has 1 aromatic rings. The molecule has 0 aliphatic carbocycles. The molecule has 0 atom stereocenters. The third-order valence-electron chi connectivity index (χ3n) is 1.50. The quantitative estimate of drug-likeness (QED) is 0.610. The molecule has 0 unspecified atom stereocenters. The van der Waals surface area contributed by atoms with Gasteiger partial charge in [-0.3, -0.25) is 9.59 Å². The van der Waals surface area contributed by atoms with Crippen molar-refractivity contribution in [1.29, 1.82) is 0 Å². The number of carboxylic acids is 1. The van der Waals surface area contributed by atoms with Crippen molar-refractivity contribution in [3.63, 3.8) is 0 Å². The summed E-state index contributed by atoms with van der Waals surface area (Å²) < 4.78 is 1.10. The van der Waals surface area contributed by atoms with Crippen LogP contribution in [0.2, 0.25) is 0 Å². The number of carboxylic acid groups (broad SMARTS) is 1. The average molecular weight is 184 g/mol. The van der Waals surface area contributed by atoms with Crippen molar-refractivity contribution in [2.45, 2.75) is 13.5 Å². The SMILES string of the molecule is Cc1c(C(N)=O)nnn1CC(=O)O. The summed E-state index contributed by atoms with van der Waals surface area (Å²) in [5, 5.41) is 15.3. The molecule has 0 radical (unpaired) electrons. The number of hydrogen-bond acceptors (Lipinski definition) is 4. The molecule has 3 N–H and O–H groups in total. The minimum Gasteiger partial charge on any atom is -0.480 e. The highest BCUT2D eigenvalue weighted by Crippen LogP contribution is 2.01. The Kier molecular flexibility index (Phi) is 2.27. The number of rotatable bonds is 3. The van der Waals surface area contributed by atoms with Crippen molar-refractivity contribution < 1.29 is 14.7 Å². The van der Waals surface area contributed by atoms with Crippen molar-refractivity contribution in [1.82, 2.24) is 15.0 Å². The summed E-state index contributed by atoms with van der Waals surface area (Å²) in [5.41, 5.74) is 5.31. The van der Waals surface area contributed by atoms with E-state index in [0.717, 1.165) is 4.68 Å². The number of amides is 1. The van der Waals surface area contributed by atoms with Crippen LogP contribution in [-0.4, -0.2) is 32.0 Å². The standard InChI is InChI=1S/C6H8N4O3/c1-3-5(6(7)13)8-9-10(3)2-4(11)12/h2H2,1H3,(H2,7,13)(H,11,12). The molecule has 13 heavy (non-hydrogen) atoms. The molecular weight excluding hydrogens is 176 g/mol. The largest absolute Gasteiger partial charge is 0.480 e. The minimum atomic E-state index is -1.05. The van der Waals surface area contributed by atoms with Crippen LogP contribution < -0.4 is 5.73 Å². The Bertz CT molecular complexity index is 357. The molecule has 1 heterocycles. The Labute approximate surface area is 73.1 Å². The zero-order valence-corrected chi connectivity index (χ0v) is 6.89. The second kappa shape index (κ2) is 3.21. The van der Waals surface area contributed by atoms with E-state index in [1.54, 1.807) is 0 Å². The number of primary amides is 1. The summed E-state index contributed by atoms with van der Waals surface area (Å²) in [7, 11) is 0. The first-order chi connectivity index (χ1) is 6.02. The first-order valence-electron chi connectivity index (χ1n) is 3.44. The number of nitrogens with zero attached hydrogens (tertiary/aromatic N) is 3. The van der Waals surface area contributed by atoms with E-state index in [1.165, 1.54) is 6.92 Å². The van der Waals surface area contributed by atoms with Gasteiger partial charge in [-0.1, -0.05) is 5.21 Å². The number of nitrogens with two attached hydrogens (primary N) is 1. The van der Waals surface area contributed by atoms with Crippen LogP contribution in [0, 0.1) is 6.92 Å². The van der Waals surface area contributed by atoms with Gasteiger partial charge in [0.25, 0.3) is 5.91 Å². The van der Waals surface area contributed by atoms with E-state index in [-0.39, 0.29) is 12.2 Å². The zero-order valence-electron chi connectivity index (χ0n) is 6.89. The molecule has 0 saturated carbocycles. The minimum absolute atomic E-state index is 0.00116. The van der Waals surface area contributed by atoms with Gasteiger partial charge in [0.1, 0.15) is 6.54 Å². The Balaban J connectivity index is 2.99. The molecule has 0 aliphatic heterocycles. The van der Waals surface area contributed by atoms with Gasteiger partial charge < -0.3 is 10.8 Å². The summed E-state index contributed by atoms with van der Waals surface area (Å²) in [4.78, 5) is 21.0. The fraction of sp³-hybridized carbons (Fsp3) is 0.333. The predicted molar refractivity (Wildman–Crippen MR) is 40.9 cm³/mol. The van der Waals surface area contributed by atoms with E-state index in [0.29, 0.717) is 5.69 Å². The Hall–Kier alpha value is -1.92. The van der Waals surface area contributed by atoms with Crippen molar-refractivity contribution in [3.05, 3.63) is 11.4 Å². The van der Waals surface area contributed by atoms with E-state index < -0.39 is 11.9 Å². The third-order valence-corrected chi connectivity index (χ3v) is 1.50. The highest BCUT2D eigenvalue weighted by atomic mass is 16.4. The van der Waals surface area contributed by atoms with Gasteiger partial charge in [0.15, 0.2) is 5.69 Å². The molecular formula is C6H8N4O3. The molecule has 0 aromatic carbocycles. The van der Waals surface area contributed by atoms with Crippen LogP contribution in [-0.2, 0) is 11.3 Å². The molecule has 70 valence electrons. The molecule has 7 heteroatoms. The Morgan fingerprint density at radius 1 is 1.62 bits per heavy atom. The van der Waals surface area contributed by atoms with E-state index in [2.05, 4.69) is 10.3 Å². The first-order valence-corrected chi connectivity index (χ1v) is 3.44. The second-order valence-corrected chi connectivity index (χ2v) is 2.44. The third kappa shape index (κ3) is 1.81. The molecule has 0 saturated heterocycles. The average Bonchev–Trinajstić information content (AvgIpc) is 2.32. The lowest BCUT2D eigenvalue weighted by Crippen LogP contribution is -2.15. The lowest BCUT2D eigenvalue weighted by Gasteiger charge is -1.97. The van der Waals surface area contributed by atoms with Gasteiger partial charge in [-0.25, -0.2) is 4.68 Å². The van der Waals surface area contributed by atoms with Crippen molar-refractivity contribution in [3.8, 4) is 0 Å². The molecule has 1 amide bonds. The highest BCUT2D eigenvalue weighted by molar-refractivity contribution is 5.91. The van der Waals surface area contributed by atoms with Crippen LogP contribution in [0.3, 0.4) is 0 Å². The number of carbonyl (C=O) groups excluding carboxylic acids is 1. The monoisotopic (exact) mass is 184 g/mol. The van der Waals surface area contributed by atoms with Gasteiger partial charge in [-0.15, -0.1) is 5.10 Å². The lowest BCUT2D eigenvalue weighted by atomic mass is 10.3. The predicted octanol–water partition coefficient (Wildman–Crippen LogP) is -1.23. The molecule has 7 nitrogen and oxygen atoms in total. The maximum absolute atomic E-state index is 10.7. The van der Waals surface area contributed by atoms with Gasteiger partial charge in [-0.05, 0) is 6.92 Å². The normalized spacial score (nSPS) is 9.92. The molecule has 1 aromatic heterocycles. The highest BCUT2D eigenvalue weighted by Gasteiger charge is 2.14. The van der Waals surface area contributed by atoms with Gasteiger partial charge in [0.05, 0.1) is 5.69 Å². The fourth-order valence-corrected chi connectivity index (χ4v) is 0.866. The Morgan fingerprint density at radius 2 is 2.23 bits per heavy atom. The lowest BCUT2D eigenvalue weighted by molar-refractivity contribution is -0.137. The van der Waals surface area contributed by atoms with Gasteiger partial charge in [0.2, 0.25) is 0 Å². The number of hydrogen-bond donors (Lipinski definition) is 2.